The smallest absolute Gasteiger partial charge is 0.291 e. The number of ether oxygens (including phenoxy) is 2. The van der Waals surface area contributed by atoms with Crippen LogP contribution in [0.25, 0.3) is 0 Å². The normalized spacial score (nSPS) is 19.6. The molecule has 1 aliphatic heterocycles. The Kier molecular flexibility index (Phi) is 5.27. The van der Waals surface area contributed by atoms with E-state index < -0.39 is 5.60 Å². The van der Waals surface area contributed by atoms with Gasteiger partial charge in [0.1, 0.15) is 24.8 Å². The summed E-state index contributed by atoms with van der Waals surface area (Å²) in [6.07, 6.45) is 1.22. The molecule has 1 fully saturated rings. The number of hydrogen-bond acceptors (Lipinski definition) is 5. The molecule has 1 aromatic heterocycles. The van der Waals surface area contributed by atoms with Gasteiger partial charge in [0.2, 0.25) is 5.82 Å². The third-order valence-corrected chi connectivity index (χ3v) is 4.20. The summed E-state index contributed by atoms with van der Waals surface area (Å²) in [6.45, 7) is 9.26. The van der Waals surface area contributed by atoms with Gasteiger partial charge in [-0.05, 0) is 39.8 Å². The number of hydrogen-bond donors (Lipinski definition) is 0. The highest BCUT2D eigenvalue weighted by atomic mass is 16.5. The zero-order chi connectivity index (χ0) is 18.7. The first-order valence-corrected chi connectivity index (χ1v) is 8.90. The lowest BCUT2D eigenvalue weighted by Gasteiger charge is -2.42. The molecule has 1 amide bonds. The number of aromatic nitrogens is 3. The van der Waals surface area contributed by atoms with E-state index in [4.69, 9.17) is 9.47 Å². The molecule has 1 aliphatic rings. The Labute approximate surface area is 153 Å². The van der Waals surface area contributed by atoms with Crippen molar-refractivity contribution in [1.82, 2.24) is 19.7 Å². The van der Waals surface area contributed by atoms with Crippen molar-refractivity contribution in [1.29, 1.82) is 0 Å². The molecule has 0 N–H and O–H groups in total. The van der Waals surface area contributed by atoms with Gasteiger partial charge in [-0.3, -0.25) is 4.79 Å². The molecule has 1 aromatic carbocycles. The van der Waals surface area contributed by atoms with Crippen molar-refractivity contribution in [2.45, 2.75) is 45.4 Å². The fourth-order valence-electron chi connectivity index (χ4n) is 3.17. The number of morpholine rings is 1. The first kappa shape index (κ1) is 18.4. The summed E-state index contributed by atoms with van der Waals surface area (Å²) in [7, 11) is 0. The second kappa shape index (κ2) is 7.45. The molecule has 26 heavy (non-hydrogen) atoms. The third-order valence-electron chi connectivity index (χ3n) is 4.20. The van der Waals surface area contributed by atoms with E-state index in [1.54, 1.807) is 9.58 Å². The van der Waals surface area contributed by atoms with Crippen LogP contribution >= 0.6 is 0 Å². The Bertz CT molecular complexity index is 742. The van der Waals surface area contributed by atoms with E-state index in [0.29, 0.717) is 25.5 Å². The van der Waals surface area contributed by atoms with Crippen LogP contribution in [0, 0.1) is 0 Å². The third kappa shape index (κ3) is 4.22. The first-order valence-electron chi connectivity index (χ1n) is 8.90. The van der Waals surface area contributed by atoms with Crippen molar-refractivity contribution in [3.05, 3.63) is 42.5 Å². The van der Waals surface area contributed by atoms with Crippen molar-refractivity contribution in [2.24, 2.45) is 0 Å². The van der Waals surface area contributed by atoms with Gasteiger partial charge in [0.15, 0.2) is 0 Å². The summed E-state index contributed by atoms with van der Waals surface area (Å²) in [5.41, 5.74) is -0.457. The maximum absolute atomic E-state index is 13.0. The van der Waals surface area contributed by atoms with Crippen molar-refractivity contribution in [3.8, 4) is 5.75 Å². The molecule has 1 saturated heterocycles. The standard InChI is InChI=1S/C19H26N4O3/c1-14(2)23-17(20-13-21-23)18(24)22-10-16(26-19(3,4)12-22)11-25-15-8-6-5-7-9-15/h5-9,13-14,16H,10-12H2,1-4H3. The van der Waals surface area contributed by atoms with E-state index in [0.717, 1.165) is 5.75 Å². The molecule has 2 heterocycles. The maximum Gasteiger partial charge on any atom is 0.291 e. The SMILES string of the molecule is CC(C)n1ncnc1C(=O)N1CC(COc2ccccc2)OC(C)(C)C1. The van der Waals surface area contributed by atoms with Crippen molar-refractivity contribution in [2.75, 3.05) is 19.7 Å². The topological polar surface area (TPSA) is 69.5 Å². The van der Waals surface area contributed by atoms with Gasteiger partial charge in [-0.2, -0.15) is 5.10 Å². The molecule has 140 valence electrons. The lowest BCUT2D eigenvalue weighted by atomic mass is 10.1. The summed E-state index contributed by atoms with van der Waals surface area (Å²) in [5.74, 6) is 1.02. The molecule has 0 radical (unpaired) electrons. The minimum Gasteiger partial charge on any atom is -0.491 e. The Hall–Kier alpha value is -2.41. The van der Waals surface area contributed by atoms with Crippen LogP contribution in [-0.4, -0.2) is 57.0 Å². The number of para-hydroxylation sites is 1. The van der Waals surface area contributed by atoms with E-state index in [1.165, 1.54) is 6.33 Å². The van der Waals surface area contributed by atoms with Gasteiger partial charge in [0.05, 0.1) is 12.1 Å². The monoisotopic (exact) mass is 358 g/mol. The highest BCUT2D eigenvalue weighted by Crippen LogP contribution is 2.23. The maximum atomic E-state index is 13.0. The number of nitrogens with zero attached hydrogens (tertiary/aromatic N) is 4. The van der Waals surface area contributed by atoms with Crippen molar-refractivity contribution < 1.29 is 14.3 Å². The fraction of sp³-hybridized carbons (Fsp3) is 0.526. The zero-order valence-electron chi connectivity index (χ0n) is 15.8. The summed E-state index contributed by atoms with van der Waals surface area (Å²) in [6, 6.07) is 9.68. The van der Waals surface area contributed by atoms with Crippen molar-refractivity contribution >= 4 is 5.91 Å². The molecule has 2 aromatic rings. The number of rotatable bonds is 5. The van der Waals surface area contributed by atoms with Crippen LogP contribution in [0.5, 0.6) is 5.75 Å². The van der Waals surface area contributed by atoms with Gasteiger partial charge < -0.3 is 14.4 Å². The first-order chi connectivity index (χ1) is 12.4. The highest BCUT2D eigenvalue weighted by Gasteiger charge is 2.37. The van der Waals surface area contributed by atoms with E-state index in [9.17, 15) is 4.79 Å². The van der Waals surface area contributed by atoms with Crippen LogP contribution in [-0.2, 0) is 4.74 Å². The Morgan fingerprint density at radius 2 is 2.08 bits per heavy atom. The predicted octanol–water partition coefficient (Wildman–Crippen LogP) is 2.56. The molecular formula is C19H26N4O3. The average molecular weight is 358 g/mol. The number of carbonyl (C=O) groups excluding carboxylic acids is 1. The molecule has 0 spiro atoms. The average Bonchev–Trinajstić information content (AvgIpc) is 3.09. The molecule has 0 aliphatic carbocycles. The van der Waals surface area contributed by atoms with Crippen LogP contribution in [0.2, 0.25) is 0 Å². The molecule has 0 saturated carbocycles. The summed E-state index contributed by atoms with van der Waals surface area (Å²) < 4.78 is 13.6. The molecule has 3 rings (SSSR count). The lowest BCUT2D eigenvalue weighted by molar-refractivity contribution is -0.136. The summed E-state index contributed by atoms with van der Waals surface area (Å²) >= 11 is 0. The second-order valence-electron chi connectivity index (χ2n) is 7.43. The summed E-state index contributed by atoms with van der Waals surface area (Å²) in [4.78, 5) is 19.0. The molecular weight excluding hydrogens is 332 g/mol. The van der Waals surface area contributed by atoms with Crippen LogP contribution in [0.4, 0.5) is 0 Å². The van der Waals surface area contributed by atoms with E-state index >= 15 is 0 Å². The minimum absolute atomic E-state index is 0.0720. The number of benzene rings is 1. The van der Waals surface area contributed by atoms with Gasteiger partial charge in [0.25, 0.3) is 5.91 Å². The zero-order valence-corrected chi connectivity index (χ0v) is 15.8. The highest BCUT2D eigenvalue weighted by molar-refractivity contribution is 5.90. The Balaban J connectivity index is 1.71. The lowest BCUT2D eigenvalue weighted by Crippen LogP contribution is -2.56. The number of carbonyl (C=O) groups is 1. The molecule has 1 atom stereocenters. The van der Waals surface area contributed by atoms with Crippen LogP contribution < -0.4 is 4.74 Å². The van der Waals surface area contributed by atoms with Crippen LogP contribution in [0.1, 0.15) is 44.4 Å². The quantitative estimate of drug-likeness (QED) is 0.822. The Morgan fingerprint density at radius 1 is 1.35 bits per heavy atom. The molecule has 1 unspecified atom stereocenters. The van der Waals surface area contributed by atoms with Gasteiger partial charge in [0, 0.05) is 12.6 Å². The largest absolute Gasteiger partial charge is 0.491 e. The van der Waals surface area contributed by atoms with E-state index in [2.05, 4.69) is 10.1 Å². The molecule has 0 bridgehead atoms. The second-order valence-corrected chi connectivity index (χ2v) is 7.43. The summed E-state index contributed by atoms with van der Waals surface area (Å²) in [5, 5.41) is 4.17. The molecule has 7 nitrogen and oxygen atoms in total. The van der Waals surface area contributed by atoms with Gasteiger partial charge in [-0.1, -0.05) is 18.2 Å². The van der Waals surface area contributed by atoms with Crippen molar-refractivity contribution in [3.63, 3.8) is 0 Å². The van der Waals surface area contributed by atoms with Gasteiger partial charge in [-0.15, -0.1) is 0 Å². The minimum atomic E-state index is -0.457. The molecule has 7 heteroatoms. The van der Waals surface area contributed by atoms with Crippen LogP contribution in [0.3, 0.4) is 0 Å². The number of amides is 1. The predicted molar refractivity (Wildman–Crippen MR) is 97.2 cm³/mol. The van der Waals surface area contributed by atoms with E-state index in [1.807, 2.05) is 58.0 Å². The van der Waals surface area contributed by atoms with E-state index in [-0.39, 0.29) is 18.1 Å². The fourth-order valence-corrected chi connectivity index (χ4v) is 3.17. The van der Waals surface area contributed by atoms with Crippen LogP contribution in [0.15, 0.2) is 36.7 Å². The Morgan fingerprint density at radius 3 is 2.77 bits per heavy atom. The van der Waals surface area contributed by atoms with Gasteiger partial charge >= 0.3 is 0 Å². The van der Waals surface area contributed by atoms with Gasteiger partial charge in [-0.25, -0.2) is 9.67 Å².